The van der Waals surface area contributed by atoms with Crippen LogP contribution in [0.4, 0.5) is 5.69 Å². The second kappa shape index (κ2) is 7.29. The van der Waals surface area contributed by atoms with Gasteiger partial charge in [-0.15, -0.1) is 0 Å². The van der Waals surface area contributed by atoms with E-state index in [0.717, 1.165) is 13.1 Å². The van der Waals surface area contributed by atoms with Crippen molar-refractivity contribution in [1.82, 2.24) is 4.90 Å². The first kappa shape index (κ1) is 13.0. The van der Waals surface area contributed by atoms with Crippen LogP contribution in [0.3, 0.4) is 0 Å². The van der Waals surface area contributed by atoms with Gasteiger partial charge >= 0.3 is 0 Å². The lowest BCUT2D eigenvalue weighted by Crippen LogP contribution is -2.28. The molecule has 0 radical (unpaired) electrons. The maximum atomic E-state index is 3.52. The Morgan fingerprint density at radius 1 is 1.12 bits per heavy atom. The van der Waals surface area contributed by atoms with Gasteiger partial charge in [-0.05, 0) is 38.6 Å². The molecule has 1 unspecified atom stereocenters. The predicted molar refractivity (Wildman–Crippen MR) is 71.9 cm³/mol. The van der Waals surface area contributed by atoms with E-state index in [1.54, 1.807) is 0 Å². The standard InChI is InChI=1S/C14H24N2/c1-4-16(5-2)12-11-13(3)15-14-9-7-6-8-10-14/h6-10,13,15H,4-5,11-12H2,1-3H3. The van der Waals surface area contributed by atoms with Crippen LogP contribution in [0.15, 0.2) is 30.3 Å². The van der Waals surface area contributed by atoms with Crippen LogP contribution in [0.25, 0.3) is 0 Å². The van der Waals surface area contributed by atoms with E-state index < -0.39 is 0 Å². The van der Waals surface area contributed by atoms with Gasteiger partial charge in [-0.2, -0.15) is 0 Å². The van der Waals surface area contributed by atoms with Gasteiger partial charge in [-0.1, -0.05) is 32.0 Å². The molecular formula is C14H24N2. The number of para-hydroxylation sites is 1. The van der Waals surface area contributed by atoms with E-state index in [1.807, 2.05) is 6.07 Å². The molecule has 0 aliphatic heterocycles. The number of nitrogens with zero attached hydrogens (tertiary/aromatic N) is 1. The monoisotopic (exact) mass is 220 g/mol. The number of anilines is 1. The molecule has 0 aliphatic rings. The van der Waals surface area contributed by atoms with Gasteiger partial charge in [-0.25, -0.2) is 0 Å². The Morgan fingerprint density at radius 2 is 1.75 bits per heavy atom. The van der Waals surface area contributed by atoms with Gasteiger partial charge in [0.15, 0.2) is 0 Å². The van der Waals surface area contributed by atoms with Crippen LogP contribution in [-0.2, 0) is 0 Å². The van der Waals surface area contributed by atoms with Gasteiger partial charge in [0, 0.05) is 18.3 Å². The van der Waals surface area contributed by atoms with Gasteiger partial charge in [0.05, 0.1) is 0 Å². The SMILES string of the molecule is CCN(CC)CCC(C)Nc1ccccc1. The fourth-order valence-corrected chi connectivity index (χ4v) is 1.81. The lowest BCUT2D eigenvalue weighted by molar-refractivity contribution is 0.295. The average Bonchev–Trinajstić information content (AvgIpc) is 2.31. The first-order chi connectivity index (χ1) is 7.76. The number of hydrogen-bond acceptors (Lipinski definition) is 2. The van der Waals surface area contributed by atoms with Gasteiger partial charge < -0.3 is 10.2 Å². The molecule has 1 aromatic carbocycles. The van der Waals surface area contributed by atoms with Crippen LogP contribution in [0.1, 0.15) is 27.2 Å². The van der Waals surface area contributed by atoms with E-state index in [9.17, 15) is 0 Å². The number of rotatable bonds is 7. The molecule has 2 heteroatoms. The molecule has 0 saturated heterocycles. The second-order valence-electron chi connectivity index (χ2n) is 4.23. The van der Waals surface area contributed by atoms with Gasteiger partial charge in [0.1, 0.15) is 0 Å². The van der Waals surface area contributed by atoms with E-state index in [4.69, 9.17) is 0 Å². The molecule has 2 nitrogen and oxygen atoms in total. The van der Waals surface area contributed by atoms with Crippen molar-refractivity contribution in [3.8, 4) is 0 Å². The molecule has 16 heavy (non-hydrogen) atoms. The Labute approximate surface area is 99.7 Å². The second-order valence-corrected chi connectivity index (χ2v) is 4.23. The summed E-state index contributed by atoms with van der Waals surface area (Å²) < 4.78 is 0. The highest BCUT2D eigenvalue weighted by molar-refractivity contribution is 5.43. The highest BCUT2D eigenvalue weighted by atomic mass is 15.1. The molecular weight excluding hydrogens is 196 g/mol. The molecule has 1 aromatic rings. The van der Waals surface area contributed by atoms with Crippen molar-refractivity contribution in [3.63, 3.8) is 0 Å². The van der Waals surface area contributed by atoms with Crippen LogP contribution in [0.5, 0.6) is 0 Å². The summed E-state index contributed by atoms with van der Waals surface area (Å²) in [6, 6.07) is 11.0. The van der Waals surface area contributed by atoms with Crippen molar-refractivity contribution in [3.05, 3.63) is 30.3 Å². The summed E-state index contributed by atoms with van der Waals surface area (Å²) in [4.78, 5) is 2.46. The number of hydrogen-bond donors (Lipinski definition) is 1. The van der Waals surface area contributed by atoms with E-state index in [0.29, 0.717) is 6.04 Å². The zero-order valence-corrected chi connectivity index (χ0v) is 10.7. The minimum absolute atomic E-state index is 0.531. The first-order valence-electron chi connectivity index (χ1n) is 6.30. The third-order valence-corrected chi connectivity index (χ3v) is 2.96. The number of nitrogens with one attached hydrogen (secondary N) is 1. The van der Waals surface area contributed by atoms with Gasteiger partial charge in [-0.3, -0.25) is 0 Å². The summed E-state index contributed by atoms with van der Waals surface area (Å²) in [6.07, 6.45) is 1.19. The van der Waals surface area contributed by atoms with Crippen molar-refractivity contribution in [2.24, 2.45) is 0 Å². The molecule has 0 saturated carbocycles. The van der Waals surface area contributed by atoms with E-state index in [2.05, 4.69) is 55.3 Å². The first-order valence-corrected chi connectivity index (χ1v) is 6.30. The van der Waals surface area contributed by atoms with Gasteiger partial charge in [0.25, 0.3) is 0 Å². The maximum absolute atomic E-state index is 3.52. The fraction of sp³-hybridized carbons (Fsp3) is 0.571. The minimum Gasteiger partial charge on any atom is -0.383 e. The molecule has 0 aliphatic carbocycles. The van der Waals surface area contributed by atoms with Crippen molar-refractivity contribution in [1.29, 1.82) is 0 Å². The normalized spacial score (nSPS) is 12.8. The molecule has 1 atom stereocenters. The Balaban J connectivity index is 2.28. The van der Waals surface area contributed by atoms with E-state index in [-0.39, 0.29) is 0 Å². The molecule has 0 fully saturated rings. The molecule has 0 aromatic heterocycles. The van der Waals surface area contributed by atoms with Crippen LogP contribution in [0.2, 0.25) is 0 Å². The molecule has 90 valence electrons. The van der Waals surface area contributed by atoms with Crippen molar-refractivity contribution in [2.45, 2.75) is 33.2 Å². The summed E-state index contributed by atoms with van der Waals surface area (Å²) >= 11 is 0. The minimum atomic E-state index is 0.531. The quantitative estimate of drug-likeness (QED) is 0.759. The summed E-state index contributed by atoms with van der Waals surface area (Å²) in [6.45, 7) is 10.2. The van der Waals surface area contributed by atoms with E-state index in [1.165, 1.54) is 18.7 Å². The number of benzene rings is 1. The zero-order valence-electron chi connectivity index (χ0n) is 10.7. The lowest BCUT2D eigenvalue weighted by atomic mass is 10.2. The maximum Gasteiger partial charge on any atom is 0.0342 e. The Bertz CT molecular complexity index is 267. The van der Waals surface area contributed by atoms with Crippen molar-refractivity contribution >= 4 is 5.69 Å². The fourth-order valence-electron chi connectivity index (χ4n) is 1.81. The summed E-state index contributed by atoms with van der Waals surface area (Å²) in [5.74, 6) is 0. The van der Waals surface area contributed by atoms with Gasteiger partial charge in [0.2, 0.25) is 0 Å². The molecule has 1 rings (SSSR count). The molecule has 0 bridgehead atoms. The third-order valence-electron chi connectivity index (χ3n) is 2.96. The Kier molecular flexibility index (Phi) is 5.94. The van der Waals surface area contributed by atoms with Crippen LogP contribution in [-0.4, -0.2) is 30.6 Å². The highest BCUT2D eigenvalue weighted by Crippen LogP contribution is 2.08. The Morgan fingerprint density at radius 3 is 2.31 bits per heavy atom. The summed E-state index contributed by atoms with van der Waals surface area (Å²) in [5.41, 5.74) is 1.22. The molecule has 0 spiro atoms. The van der Waals surface area contributed by atoms with Crippen molar-refractivity contribution in [2.75, 3.05) is 25.0 Å². The van der Waals surface area contributed by atoms with Crippen LogP contribution >= 0.6 is 0 Å². The van der Waals surface area contributed by atoms with Crippen LogP contribution in [0, 0.1) is 0 Å². The Hall–Kier alpha value is -1.02. The van der Waals surface area contributed by atoms with E-state index >= 15 is 0 Å². The highest BCUT2D eigenvalue weighted by Gasteiger charge is 2.04. The molecule has 1 N–H and O–H groups in total. The lowest BCUT2D eigenvalue weighted by Gasteiger charge is -2.21. The topological polar surface area (TPSA) is 15.3 Å². The summed E-state index contributed by atoms with van der Waals surface area (Å²) in [5, 5.41) is 3.52. The largest absolute Gasteiger partial charge is 0.383 e. The summed E-state index contributed by atoms with van der Waals surface area (Å²) in [7, 11) is 0. The third kappa shape index (κ3) is 4.67. The smallest absolute Gasteiger partial charge is 0.0342 e. The van der Waals surface area contributed by atoms with Crippen molar-refractivity contribution < 1.29 is 0 Å². The molecule has 0 amide bonds. The predicted octanol–water partition coefficient (Wildman–Crippen LogP) is 3.22. The molecule has 0 heterocycles. The average molecular weight is 220 g/mol. The zero-order chi connectivity index (χ0) is 11.8. The van der Waals surface area contributed by atoms with Crippen LogP contribution < -0.4 is 5.32 Å².